The highest BCUT2D eigenvalue weighted by atomic mass is 79.9. The molecular formula is C31H29Br2FN4O7. The second-order valence-electron chi connectivity index (χ2n) is 9.47. The van der Waals surface area contributed by atoms with E-state index in [4.69, 9.17) is 18.9 Å². The normalized spacial score (nSPS) is 14.4. The zero-order valence-electron chi connectivity index (χ0n) is 24.4. The van der Waals surface area contributed by atoms with E-state index < -0.39 is 30.6 Å². The maximum atomic E-state index is 14.1. The summed E-state index contributed by atoms with van der Waals surface area (Å²) in [4.78, 5) is 37.3. The molecule has 0 aromatic heterocycles. The second kappa shape index (κ2) is 15.5. The Labute approximate surface area is 275 Å². The third-order valence-electron chi connectivity index (χ3n) is 6.40. The third-order valence-corrected chi connectivity index (χ3v) is 7.45. The first-order valence-corrected chi connectivity index (χ1v) is 15.1. The second-order valence-corrected chi connectivity index (χ2v) is 11.2. The van der Waals surface area contributed by atoms with E-state index in [1.807, 2.05) is 0 Å². The summed E-state index contributed by atoms with van der Waals surface area (Å²) in [6.07, 6.45) is 1.39. The standard InChI is InChI=1S/C31H29Br2FN4O7/c1-4-43-30(40)27-17(2)36-31(41)37-28(27)18-9-10-24(25(12-18)42-3)44-16-26(39)38-35-14-20-11-21(32)13-22(33)29(20)45-15-19-7-5-6-8-23(19)34/h5-14,28H,4,15-16H2,1-3H3,(H,38,39)(H2,36,37,41)/b35-14+/t28-/m0/s1. The van der Waals surface area contributed by atoms with Crippen LogP contribution in [0.5, 0.6) is 17.2 Å². The molecule has 14 heteroatoms. The number of nitrogens with one attached hydrogen (secondary N) is 3. The van der Waals surface area contributed by atoms with Gasteiger partial charge in [0.1, 0.15) is 18.2 Å². The highest BCUT2D eigenvalue weighted by molar-refractivity contribution is 9.11. The number of benzene rings is 3. The predicted octanol–water partition coefficient (Wildman–Crippen LogP) is 5.66. The summed E-state index contributed by atoms with van der Waals surface area (Å²) in [5.41, 5.74) is 4.46. The number of hydrogen-bond donors (Lipinski definition) is 3. The molecule has 0 saturated carbocycles. The van der Waals surface area contributed by atoms with Crippen LogP contribution in [0.1, 0.15) is 36.6 Å². The fourth-order valence-electron chi connectivity index (χ4n) is 4.35. The van der Waals surface area contributed by atoms with Crippen LogP contribution in [0.4, 0.5) is 9.18 Å². The van der Waals surface area contributed by atoms with Crippen molar-refractivity contribution < 1.29 is 37.7 Å². The highest BCUT2D eigenvalue weighted by Crippen LogP contribution is 2.35. The van der Waals surface area contributed by atoms with E-state index in [1.165, 1.54) is 19.4 Å². The first-order valence-electron chi connectivity index (χ1n) is 13.5. The molecule has 0 aliphatic carbocycles. The maximum Gasteiger partial charge on any atom is 0.338 e. The Kier molecular flexibility index (Phi) is 11.5. The number of urea groups is 1. The van der Waals surface area contributed by atoms with Crippen LogP contribution in [0.3, 0.4) is 0 Å². The molecule has 1 heterocycles. The molecule has 3 aromatic carbocycles. The molecule has 0 bridgehead atoms. The molecule has 0 saturated heterocycles. The number of hydrazone groups is 1. The van der Waals surface area contributed by atoms with E-state index in [9.17, 15) is 18.8 Å². The van der Waals surface area contributed by atoms with Crippen LogP contribution in [-0.2, 0) is 20.9 Å². The molecule has 3 amide bonds. The molecule has 45 heavy (non-hydrogen) atoms. The van der Waals surface area contributed by atoms with E-state index in [0.29, 0.717) is 32.6 Å². The number of methoxy groups -OCH3 is 1. The van der Waals surface area contributed by atoms with Gasteiger partial charge in [-0.1, -0.05) is 40.2 Å². The monoisotopic (exact) mass is 746 g/mol. The Hall–Kier alpha value is -4.43. The zero-order valence-corrected chi connectivity index (χ0v) is 27.6. The average Bonchev–Trinajstić information content (AvgIpc) is 3.00. The fraction of sp³-hybridized carbons (Fsp3) is 0.226. The minimum absolute atomic E-state index is 0.0153. The van der Waals surface area contributed by atoms with Crippen LogP contribution >= 0.6 is 31.9 Å². The van der Waals surface area contributed by atoms with Crippen molar-refractivity contribution in [2.75, 3.05) is 20.3 Å². The number of esters is 1. The van der Waals surface area contributed by atoms with E-state index >= 15 is 0 Å². The van der Waals surface area contributed by atoms with Gasteiger partial charge < -0.3 is 29.6 Å². The van der Waals surface area contributed by atoms with E-state index in [-0.39, 0.29) is 36.1 Å². The summed E-state index contributed by atoms with van der Waals surface area (Å²) in [6, 6.07) is 13.3. The minimum Gasteiger partial charge on any atom is -0.493 e. The van der Waals surface area contributed by atoms with Gasteiger partial charge in [-0.3, -0.25) is 4.79 Å². The first kappa shape index (κ1) is 33.5. The third kappa shape index (κ3) is 8.60. The van der Waals surface area contributed by atoms with Crippen molar-refractivity contribution in [3.63, 3.8) is 0 Å². The molecule has 0 unspecified atom stereocenters. The summed E-state index contributed by atoms with van der Waals surface area (Å²) in [7, 11) is 1.42. The van der Waals surface area contributed by atoms with Crippen molar-refractivity contribution in [1.29, 1.82) is 0 Å². The van der Waals surface area contributed by atoms with E-state index in [0.717, 1.165) is 4.47 Å². The molecule has 4 rings (SSSR count). The lowest BCUT2D eigenvalue weighted by atomic mass is 9.95. The largest absolute Gasteiger partial charge is 0.493 e. The molecular weight excluding hydrogens is 719 g/mol. The van der Waals surface area contributed by atoms with Crippen LogP contribution in [0.15, 0.2) is 79.9 Å². The molecule has 0 spiro atoms. The van der Waals surface area contributed by atoms with Gasteiger partial charge in [-0.2, -0.15) is 5.10 Å². The molecule has 1 aliphatic rings. The number of ether oxygens (including phenoxy) is 4. The Morgan fingerprint density at radius 3 is 2.60 bits per heavy atom. The Balaban J connectivity index is 1.42. The number of amides is 3. The zero-order chi connectivity index (χ0) is 32.5. The molecule has 3 N–H and O–H groups in total. The average molecular weight is 748 g/mol. The van der Waals surface area contributed by atoms with Crippen molar-refractivity contribution >= 4 is 56.0 Å². The van der Waals surface area contributed by atoms with Gasteiger partial charge >= 0.3 is 12.0 Å². The molecule has 236 valence electrons. The Morgan fingerprint density at radius 2 is 1.87 bits per heavy atom. The van der Waals surface area contributed by atoms with Gasteiger partial charge in [0.25, 0.3) is 5.91 Å². The lowest BCUT2D eigenvalue weighted by Crippen LogP contribution is -2.45. The number of allylic oxidation sites excluding steroid dienone is 1. The fourth-order valence-corrected chi connectivity index (χ4v) is 5.72. The van der Waals surface area contributed by atoms with Crippen molar-refractivity contribution in [3.8, 4) is 17.2 Å². The smallest absolute Gasteiger partial charge is 0.338 e. The number of hydrogen-bond acceptors (Lipinski definition) is 8. The summed E-state index contributed by atoms with van der Waals surface area (Å²) in [5.74, 6) is -0.587. The number of rotatable bonds is 12. The van der Waals surface area contributed by atoms with Gasteiger partial charge in [-0.15, -0.1) is 0 Å². The van der Waals surface area contributed by atoms with E-state index in [1.54, 1.807) is 62.4 Å². The lowest BCUT2D eigenvalue weighted by Gasteiger charge is -2.28. The summed E-state index contributed by atoms with van der Waals surface area (Å²) in [6.45, 7) is 3.06. The Bertz CT molecular complexity index is 1660. The van der Waals surface area contributed by atoms with Gasteiger partial charge in [-0.25, -0.2) is 19.4 Å². The van der Waals surface area contributed by atoms with Crippen LogP contribution in [-0.4, -0.2) is 44.4 Å². The van der Waals surface area contributed by atoms with Gasteiger partial charge in [0.05, 0.1) is 36.0 Å². The van der Waals surface area contributed by atoms with Crippen molar-refractivity contribution in [1.82, 2.24) is 16.1 Å². The minimum atomic E-state index is -0.794. The first-order chi connectivity index (χ1) is 21.6. The number of carbonyl (C=O) groups excluding carboxylic acids is 3. The van der Waals surface area contributed by atoms with Crippen molar-refractivity contribution in [2.45, 2.75) is 26.5 Å². The van der Waals surface area contributed by atoms with Crippen LogP contribution < -0.4 is 30.3 Å². The topological polar surface area (TPSA) is 137 Å². The number of carbonyl (C=O) groups is 3. The number of nitrogens with zero attached hydrogens (tertiary/aromatic N) is 1. The SMILES string of the molecule is CCOC(=O)C1=C(C)NC(=O)N[C@H]1c1ccc(OCC(=O)N/N=C/c2cc(Br)cc(Br)c2OCc2ccccc2F)c(OC)c1. The highest BCUT2D eigenvalue weighted by Gasteiger charge is 2.32. The van der Waals surface area contributed by atoms with Crippen LogP contribution in [0.2, 0.25) is 0 Å². The summed E-state index contributed by atoms with van der Waals surface area (Å²) >= 11 is 6.87. The molecule has 3 aromatic rings. The van der Waals surface area contributed by atoms with Gasteiger partial charge in [0.15, 0.2) is 18.1 Å². The van der Waals surface area contributed by atoms with E-state index in [2.05, 4.69) is 53.0 Å². The van der Waals surface area contributed by atoms with Crippen LogP contribution in [0, 0.1) is 5.82 Å². The molecule has 0 fully saturated rings. The quantitative estimate of drug-likeness (QED) is 0.124. The Morgan fingerprint density at radius 1 is 1.09 bits per heavy atom. The van der Waals surface area contributed by atoms with Crippen molar-refractivity contribution in [3.05, 3.63) is 97.3 Å². The maximum absolute atomic E-state index is 14.1. The lowest BCUT2D eigenvalue weighted by molar-refractivity contribution is -0.139. The van der Waals surface area contributed by atoms with Crippen molar-refractivity contribution in [2.24, 2.45) is 5.10 Å². The summed E-state index contributed by atoms with van der Waals surface area (Å²) < 4.78 is 37.5. The van der Waals surface area contributed by atoms with Crippen LogP contribution in [0.25, 0.3) is 0 Å². The van der Waals surface area contributed by atoms with Gasteiger partial charge in [-0.05, 0) is 65.7 Å². The molecule has 1 atom stereocenters. The number of halogens is 3. The van der Waals surface area contributed by atoms with Gasteiger partial charge in [0, 0.05) is 21.3 Å². The summed E-state index contributed by atoms with van der Waals surface area (Å²) in [5, 5.41) is 9.32. The molecule has 1 aliphatic heterocycles. The predicted molar refractivity (Wildman–Crippen MR) is 171 cm³/mol. The molecule has 0 radical (unpaired) electrons. The van der Waals surface area contributed by atoms with Gasteiger partial charge in [0.2, 0.25) is 0 Å². The molecule has 11 nitrogen and oxygen atoms in total.